The summed E-state index contributed by atoms with van der Waals surface area (Å²) in [6.45, 7) is 1.60. The SMILES string of the molecule is Cc1cccc(C(=O)OCC(=O)c2ccc(Cl)cc2)c1. The van der Waals surface area contributed by atoms with Gasteiger partial charge in [0.05, 0.1) is 5.56 Å². The molecule has 102 valence electrons. The third-order valence-electron chi connectivity index (χ3n) is 2.75. The van der Waals surface area contributed by atoms with Crippen LogP contribution in [0.1, 0.15) is 26.3 Å². The molecule has 0 aromatic heterocycles. The molecule has 0 unspecified atom stereocenters. The number of hydrogen-bond acceptors (Lipinski definition) is 3. The van der Waals surface area contributed by atoms with E-state index in [2.05, 4.69) is 0 Å². The molecule has 0 radical (unpaired) electrons. The van der Waals surface area contributed by atoms with Crippen LogP contribution in [0, 0.1) is 6.92 Å². The van der Waals surface area contributed by atoms with Gasteiger partial charge in [0.15, 0.2) is 12.4 Å². The van der Waals surface area contributed by atoms with Crippen molar-refractivity contribution in [1.82, 2.24) is 0 Å². The molecule has 2 aromatic carbocycles. The van der Waals surface area contributed by atoms with Crippen molar-refractivity contribution in [1.29, 1.82) is 0 Å². The number of hydrogen-bond donors (Lipinski definition) is 0. The van der Waals surface area contributed by atoms with E-state index < -0.39 is 5.97 Å². The van der Waals surface area contributed by atoms with Crippen molar-refractivity contribution in [3.8, 4) is 0 Å². The van der Waals surface area contributed by atoms with E-state index in [1.807, 2.05) is 13.0 Å². The summed E-state index contributed by atoms with van der Waals surface area (Å²) in [4.78, 5) is 23.6. The van der Waals surface area contributed by atoms with Crippen LogP contribution in [-0.2, 0) is 4.74 Å². The van der Waals surface area contributed by atoms with Gasteiger partial charge in [0, 0.05) is 10.6 Å². The van der Waals surface area contributed by atoms with Crippen molar-refractivity contribution >= 4 is 23.4 Å². The molecule has 0 bridgehead atoms. The van der Waals surface area contributed by atoms with Crippen molar-refractivity contribution in [2.45, 2.75) is 6.92 Å². The van der Waals surface area contributed by atoms with E-state index >= 15 is 0 Å². The molecule has 2 aromatic rings. The van der Waals surface area contributed by atoms with Crippen LogP contribution in [0.15, 0.2) is 48.5 Å². The smallest absolute Gasteiger partial charge is 0.338 e. The van der Waals surface area contributed by atoms with Crippen LogP contribution in [0.5, 0.6) is 0 Å². The maximum atomic E-state index is 11.8. The monoisotopic (exact) mass is 288 g/mol. The first-order valence-electron chi connectivity index (χ1n) is 6.09. The van der Waals surface area contributed by atoms with Crippen molar-refractivity contribution in [3.63, 3.8) is 0 Å². The highest BCUT2D eigenvalue weighted by molar-refractivity contribution is 6.30. The molecule has 0 aliphatic rings. The molecular weight excluding hydrogens is 276 g/mol. The fourth-order valence-corrected chi connectivity index (χ4v) is 1.83. The van der Waals surface area contributed by atoms with Gasteiger partial charge in [-0.3, -0.25) is 4.79 Å². The molecule has 0 aliphatic carbocycles. The van der Waals surface area contributed by atoms with Crippen LogP contribution < -0.4 is 0 Å². The van der Waals surface area contributed by atoms with E-state index in [1.54, 1.807) is 42.5 Å². The second-order valence-corrected chi connectivity index (χ2v) is 4.81. The van der Waals surface area contributed by atoms with E-state index in [9.17, 15) is 9.59 Å². The topological polar surface area (TPSA) is 43.4 Å². The van der Waals surface area contributed by atoms with Crippen LogP contribution in [0.4, 0.5) is 0 Å². The lowest BCUT2D eigenvalue weighted by atomic mass is 10.1. The van der Waals surface area contributed by atoms with Gasteiger partial charge in [-0.25, -0.2) is 4.79 Å². The van der Waals surface area contributed by atoms with Crippen LogP contribution >= 0.6 is 11.6 Å². The summed E-state index contributed by atoms with van der Waals surface area (Å²) in [5, 5.41) is 0.554. The highest BCUT2D eigenvalue weighted by atomic mass is 35.5. The first kappa shape index (κ1) is 14.3. The maximum absolute atomic E-state index is 11.8. The third-order valence-corrected chi connectivity index (χ3v) is 3.01. The predicted octanol–water partition coefficient (Wildman–Crippen LogP) is 3.69. The Bertz CT molecular complexity index is 632. The number of aryl methyl sites for hydroxylation is 1. The van der Waals surface area contributed by atoms with Crippen molar-refractivity contribution in [2.75, 3.05) is 6.61 Å². The highest BCUT2D eigenvalue weighted by Gasteiger charge is 2.11. The van der Waals surface area contributed by atoms with Gasteiger partial charge in [0.2, 0.25) is 0 Å². The summed E-state index contributed by atoms with van der Waals surface area (Å²) in [5.74, 6) is -0.765. The second-order valence-electron chi connectivity index (χ2n) is 4.38. The zero-order chi connectivity index (χ0) is 14.5. The number of ether oxygens (including phenoxy) is 1. The fraction of sp³-hybridized carbons (Fsp3) is 0.125. The van der Waals surface area contributed by atoms with Gasteiger partial charge in [-0.2, -0.15) is 0 Å². The molecule has 0 heterocycles. The average molecular weight is 289 g/mol. The Hall–Kier alpha value is -2.13. The fourth-order valence-electron chi connectivity index (χ4n) is 1.71. The van der Waals surface area contributed by atoms with Crippen molar-refractivity contribution in [2.24, 2.45) is 0 Å². The van der Waals surface area contributed by atoms with E-state index in [4.69, 9.17) is 16.3 Å². The summed E-state index contributed by atoms with van der Waals surface area (Å²) < 4.78 is 5.01. The van der Waals surface area contributed by atoms with Gasteiger partial charge in [-0.15, -0.1) is 0 Å². The van der Waals surface area contributed by atoms with Gasteiger partial charge in [-0.1, -0.05) is 29.3 Å². The number of carbonyl (C=O) groups excluding carboxylic acids is 2. The lowest BCUT2D eigenvalue weighted by molar-refractivity contribution is 0.0474. The van der Waals surface area contributed by atoms with Gasteiger partial charge in [0.25, 0.3) is 0 Å². The molecule has 0 spiro atoms. The summed E-state index contributed by atoms with van der Waals surface area (Å²) in [6, 6.07) is 13.5. The molecule has 4 heteroatoms. The van der Waals surface area contributed by atoms with Crippen molar-refractivity contribution < 1.29 is 14.3 Å². The molecule has 3 nitrogen and oxygen atoms in total. The number of benzene rings is 2. The van der Waals surface area contributed by atoms with Crippen LogP contribution in [0.2, 0.25) is 5.02 Å². The Morgan fingerprint density at radius 2 is 1.75 bits per heavy atom. The number of ketones is 1. The number of Topliss-reactive ketones (excluding diaryl/α,β-unsaturated/α-hetero) is 1. The van der Waals surface area contributed by atoms with Gasteiger partial charge in [-0.05, 0) is 43.3 Å². The molecule has 0 aliphatic heterocycles. The molecule has 0 saturated heterocycles. The predicted molar refractivity (Wildman–Crippen MR) is 77.2 cm³/mol. The van der Waals surface area contributed by atoms with Gasteiger partial charge in [0.1, 0.15) is 0 Å². The lowest BCUT2D eigenvalue weighted by Gasteiger charge is -2.05. The summed E-state index contributed by atoms with van der Waals surface area (Å²) >= 11 is 5.74. The Balaban J connectivity index is 1.96. The third kappa shape index (κ3) is 3.68. The minimum atomic E-state index is -0.504. The molecule has 20 heavy (non-hydrogen) atoms. The molecule has 0 amide bonds. The summed E-state index contributed by atoms with van der Waals surface area (Å²) in [6.07, 6.45) is 0. The zero-order valence-corrected chi connectivity index (χ0v) is 11.7. The summed E-state index contributed by atoms with van der Waals surface area (Å²) in [7, 11) is 0. The average Bonchev–Trinajstić information content (AvgIpc) is 2.45. The zero-order valence-electron chi connectivity index (χ0n) is 10.9. The van der Waals surface area contributed by atoms with Crippen LogP contribution in [-0.4, -0.2) is 18.4 Å². The second kappa shape index (κ2) is 6.35. The van der Waals surface area contributed by atoms with E-state index in [0.29, 0.717) is 16.1 Å². The molecule has 0 fully saturated rings. The first-order valence-corrected chi connectivity index (χ1v) is 6.46. The van der Waals surface area contributed by atoms with Crippen molar-refractivity contribution in [3.05, 3.63) is 70.2 Å². The lowest BCUT2D eigenvalue weighted by Crippen LogP contribution is -2.14. The normalized spacial score (nSPS) is 10.1. The van der Waals surface area contributed by atoms with Gasteiger partial charge < -0.3 is 4.74 Å². The standard InChI is InChI=1S/C16H13ClO3/c1-11-3-2-4-13(9-11)16(19)20-10-15(18)12-5-7-14(17)8-6-12/h2-9H,10H2,1H3. The minimum absolute atomic E-state index is 0.261. The Labute approximate surface area is 122 Å². The number of halogens is 1. The molecule has 0 saturated carbocycles. The van der Waals surface area contributed by atoms with Gasteiger partial charge >= 0.3 is 5.97 Å². The molecule has 2 rings (SSSR count). The largest absolute Gasteiger partial charge is 0.454 e. The Morgan fingerprint density at radius 3 is 2.40 bits per heavy atom. The van der Waals surface area contributed by atoms with E-state index in [0.717, 1.165) is 5.56 Å². The molecular formula is C16H13ClO3. The van der Waals surface area contributed by atoms with Crippen LogP contribution in [0.25, 0.3) is 0 Å². The first-order chi connectivity index (χ1) is 9.56. The number of rotatable bonds is 4. The minimum Gasteiger partial charge on any atom is -0.454 e. The quantitative estimate of drug-likeness (QED) is 0.636. The van der Waals surface area contributed by atoms with E-state index in [-0.39, 0.29) is 12.4 Å². The molecule has 0 N–H and O–H groups in total. The summed E-state index contributed by atoms with van der Waals surface area (Å²) in [5.41, 5.74) is 1.86. The number of esters is 1. The van der Waals surface area contributed by atoms with Crippen LogP contribution in [0.3, 0.4) is 0 Å². The maximum Gasteiger partial charge on any atom is 0.338 e. The number of carbonyl (C=O) groups is 2. The Kier molecular flexibility index (Phi) is 4.53. The Morgan fingerprint density at radius 1 is 1.05 bits per heavy atom. The highest BCUT2D eigenvalue weighted by Crippen LogP contribution is 2.11. The molecule has 0 atom stereocenters. The van der Waals surface area contributed by atoms with E-state index in [1.165, 1.54) is 0 Å².